The maximum Gasteiger partial charge on any atom is 0.163 e. The highest BCUT2D eigenvalue weighted by Gasteiger charge is 2.16. The molecule has 0 atom stereocenters. The summed E-state index contributed by atoms with van der Waals surface area (Å²) in [4.78, 5) is 14.8. The molecule has 0 spiro atoms. The second-order valence-electron chi connectivity index (χ2n) is 6.12. The van der Waals surface area contributed by atoms with Gasteiger partial charge in [0.2, 0.25) is 0 Å². The Kier molecular flexibility index (Phi) is 6.25. The van der Waals surface area contributed by atoms with Gasteiger partial charge in [0.25, 0.3) is 0 Å². The zero-order valence-corrected chi connectivity index (χ0v) is 13.9. The van der Waals surface area contributed by atoms with Crippen molar-refractivity contribution >= 4 is 5.78 Å². The maximum absolute atomic E-state index is 12.3. The Morgan fingerprint density at radius 2 is 1.86 bits per heavy atom. The second-order valence-corrected chi connectivity index (χ2v) is 6.12. The van der Waals surface area contributed by atoms with Crippen LogP contribution in [0.2, 0.25) is 0 Å². The molecule has 122 valence electrons. The molecule has 1 aliphatic heterocycles. The van der Waals surface area contributed by atoms with Gasteiger partial charge >= 0.3 is 0 Å². The van der Waals surface area contributed by atoms with Gasteiger partial charge in [-0.1, -0.05) is 6.92 Å². The lowest BCUT2D eigenvalue weighted by molar-refractivity contribution is 0.0970. The number of carbonyl (C=O) groups is 1. The van der Waals surface area contributed by atoms with Crippen LogP contribution in [-0.2, 0) is 0 Å². The molecule has 1 aromatic carbocycles. The van der Waals surface area contributed by atoms with Crippen LogP contribution in [0.3, 0.4) is 0 Å². The standard InChI is InChI=1S/C18H27NO3/c1-14-8-11-19(12-9-14)10-4-5-16(20)15-6-7-17(21-2)18(13-15)22-3/h6-7,13-14H,4-5,8-12H2,1-3H3. The molecule has 0 aliphatic carbocycles. The number of rotatable bonds is 7. The van der Waals surface area contributed by atoms with Crippen LogP contribution in [0, 0.1) is 5.92 Å². The second kappa shape index (κ2) is 8.18. The van der Waals surface area contributed by atoms with Gasteiger partial charge < -0.3 is 14.4 Å². The van der Waals surface area contributed by atoms with Crippen molar-refractivity contribution < 1.29 is 14.3 Å². The molecule has 0 N–H and O–H groups in total. The van der Waals surface area contributed by atoms with E-state index in [1.54, 1.807) is 26.4 Å². The van der Waals surface area contributed by atoms with Crippen LogP contribution in [-0.4, -0.2) is 44.5 Å². The molecule has 0 aromatic heterocycles. The van der Waals surface area contributed by atoms with E-state index < -0.39 is 0 Å². The molecule has 0 saturated carbocycles. The molecule has 1 saturated heterocycles. The summed E-state index contributed by atoms with van der Waals surface area (Å²) >= 11 is 0. The average molecular weight is 305 g/mol. The molecular weight excluding hydrogens is 278 g/mol. The Hall–Kier alpha value is -1.55. The molecule has 1 aromatic rings. The lowest BCUT2D eigenvalue weighted by Crippen LogP contribution is -2.33. The van der Waals surface area contributed by atoms with Gasteiger partial charge in [0.15, 0.2) is 17.3 Å². The number of carbonyl (C=O) groups excluding carboxylic acids is 1. The number of benzene rings is 1. The first-order valence-electron chi connectivity index (χ1n) is 8.11. The topological polar surface area (TPSA) is 38.8 Å². The summed E-state index contributed by atoms with van der Waals surface area (Å²) in [5, 5.41) is 0. The van der Waals surface area contributed by atoms with Crippen LogP contribution >= 0.6 is 0 Å². The van der Waals surface area contributed by atoms with Gasteiger partial charge in [0, 0.05) is 12.0 Å². The highest BCUT2D eigenvalue weighted by molar-refractivity contribution is 5.96. The predicted molar refractivity (Wildman–Crippen MR) is 87.9 cm³/mol. The largest absolute Gasteiger partial charge is 0.493 e. The molecule has 0 radical (unpaired) electrons. The van der Waals surface area contributed by atoms with Crippen molar-refractivity contribution in [3.8, 4) is 11.5 Å². The number of methoxy groups -OCH3 is 2. The fourth-order valence-corrected chi connectivity index (χ4v) is 2.90. The lowest BCUT2D eigenvalue weighted by Gasteiger charge is -2.30. The third-order valence-electron chi connectivity index (χ3n) is 4.46. The third-order valence-corrected chi connectivity index (χ3v) is 4.46. The number of hydrogen-bond acceptors (Lipinski definition) is 4. The summed E-state index contributed by atoms with van der Waals surface area (Å²) in [6, 6.07) is 5.37. The van der Waals surface area contributed by atoms with E-state index in [9.17, 15) is 4.79 Å². The summed E-state index contributed by atoms with van der Waals surface area (Å²) in [5.41, 5.74) is 0.699. The summed E-state index contributed by atoms with van der Waals surface area (Å²) < 4.78 is 10.4. The minimum Gasteiger partial charge on any atom is -0.493 e. The Morgan fingerprint density at radius 3 is 2.50 bits per heavy atom. The molecule has 4 heteroatoms. The number of likely N-dealkylation sites (tertiary alicyclic amines) is 1. The molecule has 0 unspecified atom stereocenters. The summed E-state index contributed by atoms with van der Waals surface area (Å²) in [6.07, 6.45) is 4.07. The van der Waals surface area contributed by atoms with Gasteiger partial charge in [-0.3, -0.25) is 4.79 Å². The molecule has 0 bridgehead atoms. The maximum atomic E-state index is 12.3. The zero-order chi connectivity index (χ0) is 15.9. The Labute approximate surface area is 133 Å². The van der Waals surface area contributed by atoms with Crippen molar-refractivity contribution in [2.45, 2.75) is 32.6 Å². The first kappa shape index (κ1) is 16.8. The van der Waals surface area contributed by atoms with Crippen LogP contribution in [0.1, 0.15) is 43.0 Å². The Balaban J connectivity index is 1.82. The summed E-state index contributed by atoms with van der Waals surface area (Å²) in [7, 11) is 3.18. The zero-order valence-electron chi connectivity index (χ0n) is 13.9. The van der Waals surface area contributed by atoms with Crippen molar-refractivity contribution in [3.63, 3.8) is 0 Å². The number of ether oxygens (including phenoxy) is 2. The first-order chi connectivity index (χ1) is 10.6. The van der Waals surface area contributed by atoms with Gasteiger partial charge in [-0.15, -0.1) is 0 Å². The van der Waals surface area contributed by atoms with E-state index in [0.29, 0.717) is 23.5 Å². The average Bonchev–Trinajstić information content (AvgIpc) is 2.55. The van der Waals surface area contributed by atoms with Crippen LogP contribution in [0.15, 0.2) is 18.2 Å². The van der Waals surface area contributed by atoms with E-state index in [-0.39, 0.29) is 5.78 Å². The molecule has 1 heterocycles. The van der Waals surface area contributed by atoms with E-state index in [1.807, 2.05) is 6.07 Å². The van der Waals surface area contributed by atoms with Crippen molar-refractivity contribution in [2.24, 2.45) is 5.92 Å². The number of nitrogens with zero attached hydrogens (tertiary/aromatic N) is 1. The number of ketones is 1. The fraction of sp³-hybridized carbons (Fsp3) is 0.611. The fourth-order valence-electron chi connectivity index (χ4n) is 2.90. The highest BCUT2D eigenvalue weighted by atomic mass is 16.5. The van der Waals surface area contributed by atoms with E-state index >= 15 is 0 Å². The van der Waals surface area contributed by atoms with Gasteiger partial charge in [0.05, 0.1) is 14.2 Å². The monoisotopic (exact) mass is 305 g/mol. The number of hydrogen-bond donors (Lipinski definition) is 0. The summed E-state index contributed by atoms with van der Waals surface area (Å²) in [6.45, 7) is 5.68. The van der Waals surface area contributed by atoms with Crippen LogP contribution in [0.25, 0.3) is 0 Å². The molecule has 22 heavy (non-hydrogen) atoms. The van der Waals surface area contributed by atoms with Crippen molar-refractivity contribution in [1.82, 2.24) is 4.90 Å². The smallest absolute Gasteiger partial charge is 0.163 e. The lowest BCUT2D eigenvalue weighted by atomic mass is 9.99. The molecule has 4 nitrogen and oxygen atoms in total. The highest BCUT2D eigenvalue weighted by Crippen LogP contribution is 2.28. The third kappa shape index (κ3) is 4.47. The van der Waals surface area contributed by atoms with Crippen LogP contribution < -0.4 is 9.47 Å². The minimum absolute atomic E-state index is 0.173. The molecular formula is C18H27NO3. The normalized spacial score (nSPS) is 16.5. The first-order valence-corrected chi connectivity index (χ1v) is 8.11. The quantitative estimate of drug-likeness (QED) is 0.724. The van der Waals surface area contributed by atoms with Crippen molar-refractivity contribution in [2.75, 3.05) is 33.9 Å². The van der Waals surface area contributed by atoms with E-state index in [2.05, 4.69) is 11.8 Å². The van der Waals surface area contributed by atoms with E-state index in [1.165, 1.54) is 25.9 Å². The Bertz CT molecular complexity index is 493. The minimum atomic E-state index is 0.173. The SMILES string of the molecule is COc1ccc(C(=O)CCCN2CCC(C)CC2)cc1OC. The molecule has 0 amide bonds. The van der Waals surface area contributed by atoms with Crippen molar-refractivity contribution in [3.05, 3.63) is 23.8 Å². The number of piperidine rings is 1. The summed E-state index contributed by atoms with van der Waals surface area (Å²) in [5.74, 6) is 2.29. The van der Waals surface area contributed by atoms with Crippen molar-refractivity contribution in [1.29, 1.82) is 0 Å². The van der Waals surface area contributed by atoms with Gasteiger partial charge in [-0.05, 0) is 63.0 Å². The van der Waals surface area contributed by atoms with E-state index in [4.69, 9.17) is 9.47 Å². The van der Waals surface area contributed by atoms with Gasteiger partial charge in [0.1, 0.15) is 0 Å². The predicted octanol–water partition coefficient (Wildman–Crippen LogP) is 3.40. The molecule has 1 fully saturated rings. The van der Waals surface area contributed by atoms with Gasteiger partial charge in [-0.2, -0.15) is 0 Å². The Morgan fingerprint density at radius 1 is 1.18 bits per heavy atom. The van der Waals surface area contributed by atoms with Crippen LogP contribution in [0.5, 0.6) is 11.5 Å². The van der Waals surface area contributed by atoms with Crippen LogP contribution in [0.4, 0.5) is 0 Å². The van der Waals surface area contributed by atoms with Gasteiger partial charge in [-0.25, -0.2) is 0 Å². The molecule has 1 aliphatic rings. The number of Topliss-reactive ketones (excluding diaryl/α,β-unsaturated/α-hetero) is 1. The molecule has 2 rings (SSSR count). The van der Waals surface area contributed by atoms with E-state index in [0.717, 1.165) is 18.9 Å².